The highest BCUT2D eigenvalue weighted by molar-refractivity contribution is 8.00. The molecular formula is C53H50BNSSi. The molecule has 3 aliphatic heterocycles. The summed E-state index contributed by atoms with van der Waals surface area (Å²) in [4.78, 5) is 5.37. The second-order valence-electron chi connectivity index (χ2n) is 17.6. The van der Waals surface area contributed by atoms with Gasteiger partial charge >= 0.3 is 0 Å². The third kappa shape index (κ3) is 5.29. The van der Waals surface area contributed by atoms with Crippen molar-refractivity contribution in [2.24, 2.45) is 0 Å². The van der Waals surface area contributed by atoms with E-state index in [-0.39, 0.29) is 6.71 Å². The fourth-order valence-electron chi connectivity index (χ4n) is 10.4. The summed E-state index contributed by atoms with van der Waals surface area (Å²) in [6.07, 6.45) is 0. The Morgan fingerprint density at radius 3 is 1.58 bits per heavy atom. The van der Waals surface area contributed by atoms with Crippen LogP contribution in [0.15, 0.2) is 149 Å². The van der Waals surface area contributed by atoms with Crippen LogP contribution in [-0.4, -0.2) is 14.8 Å². The van der Waals surface area contributed by atoms with E-state index in [1.807, 2.05) is 11.8 Å². The summed E-state index contributed by atoms with van der Waals surface area (Å²) in [5.41, 5.74) is 18.1. The van der Waals surface area contributed by atoms with Crippen LogP contribution in [0.4, 0.5) is 17.1 Å². The van der Waals surface area contributed by atoms with Crippen molar-refractivity contribution in [3.05, 3.63) is 167 Å². The van der Waals surface area contributed by atoms with Crippen molar-refractivity contribution in [3.63, 3.8) is 0 Å². The first-order chi connectivity index (χ1) is 27.6. The first-order valence-electron chi connectivity index (χ1n) is 20.9. The summed E-state index contributed by atoms with van der Waals surface area (Å²) in [6.45, 7) is 18.9. The van der Waals surface area contributed by atoms with Crippen LogP contribution in [0.25, 0.3) is 11.1 Å². The highest BCUT2D eigenvalue weighted by Crippen LogP contribution is 2.46. The maximum Gasteiger partial charge on any atom is 0.244 e. The summed E-state index contributed by atoms with van der Waals surface area (Å²) in [5.74, 6) is 1.27. The zero-order valence-corrected chi connectivity index (χ0v) is 36.3. The molecule has 0 aromatic heterocycles. The minimum Gasteiger partial charge on any atom is -0.310 e. The Morgan fingerprint density at radius 1 is 0.491 bits per heavy atom. The molecule has 0 unspecified atom stereocenters. The third-order valence-electron chi connectivity index (χ3n) is 13.0. The van der Waals surface area contributed by atoms with Crippen molar-refractivity contribution in [2.45, 2.75) is 82.9 Å². The van der Waals surface area contributed by atoms with E-state index < -0.39 is 8.07 Å². The van der Waals surface area contributed by atoms with Crippen LogP contribution in [0.3, 0.4) is 0 Å². The summed E-state index contributed by atoms with van der Waals surface area (Å²) >= 11 is 1.96. The first kappa shape index (κ1) is 36.3. The van der Waals surface area contributed by atoms with Crippen LogP contribution >= 0.6 is 11.8 Å². The van der Waals surface area contributed by atoms with Crippen LogP contribution in [0.5, 0.6) is 0 Å². The molecule has 7 aromatic carbocycles. The monoisotopic (exact) mass is 771 g/mol. The maximum absolute atomic E-state index is 2.70. The Bertz CT molecular complexity index is 2630. The van der Waals surface area contributed by atoms with Crippen molar-refractivity contribution in [2.75, 3.05) is 4.90 Å². The molecular weight excluding hydrogens is 722 g/mol. The lowest BCUT2D eigenvalue weighted by Crippen LogP contribution is -2.75. The lowest BCUT2D eigenvalue weighted by molar-refractivity contribution is 0.812. The Balaban J connectivity index is 1.28. The Hall–Kier alpha value is -5.03. The molecule has 0 saturated carbocycles. The molecule has 10 rings (SSSR count). The quantitative estimate of drug-likeness (QED) is 0.161. The van der Waals surface area contributed by atoms with Gasteiger partial charge in [0.25, 0.3) is 0 Å². The normalized spacial score (nSPS) is 14.4. The van der Waals surface area contributed by atoms with Gasteiger partial charge in [0.1, 0.15) is 0 Å². The van der Waals surface area contributed by atoms with Gasteiger partial charge in [-0.2, -0.15) is 0 Å². The lowest BCUT2D eigenvalue weighted by Gasteiger charge is -2.45. The molecule has 3 aliphatic rings. The molecule has 0 saturated heterocycles. The molecule has 280 valence electrons. The lowest BCUT2D eigenvalue weighted by atomic mass is 9.34. The molecule has 3 heterocycles. The Morgan fingerprint density at radius 2 is 1.02 bits per heavy atom. The molecule has 0 amide bonds. The summed E-state index contributed by atoms with van der Waals surface area (Å²) in [7, 11) is -2.70. The van der Waals surface area contributed by atoms with E-state index in [1.54, 1.807) is 0 Å². The predicted octanol–water partition coefficient (Wildman–Crippen LogP) is 9.80. The molecule has 0 radical (unpaired) electrons. The minimum atomic E-state index is -2.70. The molecule has 0 fully saturated rings. The molecule has 1 spiro atoms. The van der Waals surface area contributed by atoms with E-state index in [0.29, 0.717) is 17.8 Å². The molecule has 0 atom stereocenters. The first-order valence-corrected chi connectivity index (χ1v) is 23.7. The van der Waals surface area contributed by atoms with E-state index in [9.17, 15) is 0 Å². The van der Waals surface area contributed by atoms with Gasteiger partial charge < -0.3 is 4.90 Å². The molecule has 57 heavy (non-hydrogen) atoms. The molecule has 0 N–H and O–H groups in total. The topological polar surface area (TPSA) is 3.24 Å². The number of rotatable bonds is 5. The Kier molecular flexibility index (Phi) is 8.63. The van der Waals surface area contributed by atoms with Gasteiger partial charge in [-0.15, -0.1) is 0 Å². The predicted molar refractivity (Wildman–Crippen MR) is 251 cm³/mol. The molecule has 0 bridgehead atoms. The number of hydrogen-bond acceptors (Lipinski definition) is 2. The van der Waals surface area contributed by atoms with Crippen molar-refractivity contribution in [3.8, 4) is 11.1 Å². The standard InChI is InChI=1S/C53H50BNSSi/c1-32(2)37-30-40(33(3)4)52(41(31-37)34(5)6)54-42-18-11-12-21-47(42)56-53-43(54)19-15-20-46(53)55-44-26-24-35(7)28-50(44)57(51-29-36(8)25-27-45(51)55)48-22-13-9-16-38(48)39-17-10-14-23-49(39)57/h9-34H,1-8H3. The summed E-state index contributed by atoms with van der Waals surface area (Å²) < 4.78 is 0. The van der Waals surface area contributed by atoms with Crippen LogP contribution in [0, 0.1) is 13.8 Å². The van der Waals surface area contributed by atoms with Crippen molar-refractivity contribution in [1.82, 2.24) is 0 Å². The van der Waals surface area contributed by atoms with Crippen molar-refractivity contribution < 1.29 is 0 Å². The average molecular weight is 772 g/mol. The van der Waals surface area contributed by atoms with Gasteiger partial charge in [-0.3, -0.25) is 0 Å². The largest absolute Gasteiger partial charge is 0.310 e. The molecule has 7 aromatic rings. The van der Waals surface area contributed by atoms with E-state index >= 15 is 0 Å². The van der Waals surface area contributed by atoms with Crippen molar-refractivity contribution in [1.29, 1.82) is 0 Å². The van der Waals surface area contributed by atoms with Crippen molar-refractivity contribution >= 4 is 80.7 Å². The number of hydrogen-bond donors (Lipinski definition) is 0. The Labute approximate surface area is 345 Å². The number of nitrogens with zero attached hydrogens (tertiary/aromatic N) is 1. The van der Waals surface area contributed by atoms with E-state index in [2.05, 4.69) is 200 Å². The van der Waals surface area contributed by atoms with Gasteiger partial charge in [0.15, 0.2) is 8.07 Å². The fraction of sp³-hybridized carbons (Fsp3) is 0.208. The zero-order chi connectivity index (χ0) is 39.3. The van der Waals surface area contributed by atoms with Crippen LogP contribution in [0.2, 0.25) is 0 Å². The third-order valence-corrected chi connectivity index (χ3v) is 19.2. The fourth-order valence-corrected chi connectivity index (χ4v) is 17.4. The smallest absolute Gasteiger partial charge is 0.244 e. The van der Waals surface area contributed by atoms with Gasteiger partial charge in [0.2, 0.25) is 6.71 Å². The van der Waals surface area contributed by atoms with Gasteiger partial charge in [-0.05, 0) is 104 Å². The SMILES string of the molecule is Cc1ccc2c(c1)[Si]1(c3ccccc3-c3ccccc31)c1cc(C)ccc1N2c1cccc2c1Sc1ccccc1B2c1c(C(C)C)cc(C(C)C)cc1C(C)C. The minimum absolute atomic E-state index is 0.127. The number of benzene rings is 7. The highest BCUT2D eigenvalue weighted by atomic mass is 32.2. The van der Waals surface area contributed by atoms with Gasteiger partial charge in [-0.1, -0.05) is 196 Å². The summed E-state index contributed by atoms with van der Waals surface area (Å²) in [5, 5.41) is 5.99. The second-order valence-corrected chi connectivity index (χ2v) is 22.3. The van der Waals surface area contributed by atoms with Crippen LogP contribution in [-0.2, 0) is 0 Å². The maximum atomic E-state index is 2.65. The summed E-state index contributed by atoms with van der Waals surface area (Å²) in [6, 6.07) is 54.7. The van der Waals surface area contributed by atoms with E-state index in [4.69, 9.17) is 0 Å². The second kappa shape index (κ2) is 13.5. The molecule has 0 aliphatic carbocycles. The zero-order valence-electron chi connectivity index (χ0n) is 34.4. The molecule has 1 nitrogen and oxygen atoms in total. The van der Waals surface area contributed by atoms with Crippen LogP contribution in [0.1, 0.15) is 87.1 Å². The van der Waals surface area contributed by atoms with E-state index in [0.717, 1.165) is 0 Å². The number of anilines is 3. The van der Waals surface area contributed by atoms with Gasteiger partial charge in [0.05, 0.1) is 5.69 Å². The highest BCUT2D eigenvalue weighted by Gasteiger charge is 2.54. The average Bonchev–Trinajstić information content (AvgIpc) is 3.50. The molecule has 4 heteroatoms. The van der Waals surface area contributed by atoms with Crippen LogP contribution < -0.4 is 42.0 Å². The van der Waals surface area contributed by atoms with Gasteiger partial charge in [0, 0.05) is 21.2 Å². The number of fused-ring (bicyclic) bond motifs is 11. The van der Waals surface area contributed by atoms with Gasteiger partial charge in [-0.25, -0.2) is 0 Å². The van der Waals surface area contributed by atoms with E-state index in [1.165, 1.54) is 103 Å². The number of aryl methyl sites for hydroxylation is 2.